The number of carbonyl (C=O) groups is 1. The summed E-state index contributed by atoms with van der Waals surface area (Å²) < 4.78 is 13.9. The van der Waals surface area contributed by atoms with Crippen LogP contribution in [0.2, 0.25) is 5.28 Å². The lowest BCUT2D eigenvalue weighted by Gasteiger charge is -2.21. The molecule has 1 amide bonds. The Morgan fingerprint density at radius 2 is 1.88 bits per heavy atom. The van der Waals surface area contributed by atoms with Gasteiger partial charge in [0, 0.05) is 35.4 Å². The van der Waals surface area contributed by atoms with Crippen molar-refractivity contribution < 1.29 is 9.18 Å². The molecule has 2 aromatic carbocycles. The number of hydrogen-bond donors (Lipinski definition) is 3. The van der Waals surface area contributed by atoms with Crippen molar-refractivity contribution in [3.05, 3.63) is 65.3 Å². The summed E-state index contributed by atoms with van der Waals surface area (Å²) >= 11 is 5.75. The molecule has 0 unspecified atom stereocenters. The average molecular weight is 454 g/mol. The van der Waals surface area contributed by atoms with Gasteiger partial charge in [-0.1, -0.05) is 0 Å². The molecule has 0 atom stereocenters. The number of nitrogens with one attached hydrogen (secondary N) is 3. The predicted octanol–water partition coefficient (Wildman–Crippen LogP) is 4.99. The molecule has 2 aromatic heterocycles. The number of H-pyrrole nitrogens is 1. The minimum atomic E-state index is -0.636. The van der Waals surface area contributed by atoms with Crippen molar-refractivity contribution in [3.63, 3.8) is 0 Å². The molecule has 0 bridgehead atoms. The minimum Gasteiger partial charge on any atom is -0.372 e. The Hall–Kier alpha value is -3.72. The van der Waals surface area contributed by atoms with Gasteiger partial charge in [0.25, 0.3) is 5.91 Å². The Labute approximate surface area is 188 Å². The molecule has 8 nitrogen and oxygen atoms in total. The molecule has 0 radical (unpaired) electrons. The van der Waals surface area contributed by atoms with Gasteiger partial charge >= 0.3 is 0 Å². The van der Waals surface area contributed by atoms with Gasteiger partial charge in [0.05, 0.1) is 11.7 Å². The van der Waals surface area contributed by atoms with Crippen molar-refractivity contribution in [2.75, 3.05) is 28.6 Å². The molecule has 164 valence electrons. The first-order valence-corrected chi connectivity index (χ1v) is 10.5. The molecule has 2 heterocycles. The summed E-state index contributed by atoms with van der Waals surface area (Å²) in [7, 11) is 0. The van der Waals surface area contributed by atoms with Crippen molar-refractivity contribution in [2.45, 2.75) is 13.8 Å². The number of benzene rings is 2. The standard InChI is InChI=1S/C22H21ClFN7O/c1-3-31(4-2)15-8-5-13(6-9-15)21(32)27-19-16-11-14(7-10-18(16)29-30-19)26-20-17(24)12-25-22(23)28-20/h5-12H,3-4H2,1-2H3,(H,25,26,28)(H2,27,29,30,32). The maximum absolute atomic E-state index is 13.9. The first-order valence-electron chi connectivity index (χ1n) is 10.1. The van der Waals surface area contributed by atoms with Crippen molar-refractivity contribution in [1.82, 2.24) is 20.2 Å². The molecule has 0 saturated carbocycles. The summed E-state index contributed by atoms with van der Waals surface area (Å²) in [5.74, 6) is -0.603. The number of hydrogen-bond acceptors (Lipinski definition) is 6. The third-order valence-corrected chi connectivity index (χ3v) is 5.21. The third-order valence-electron chi connectivity index (χ3n) is 5.03. The molecule has 0 aliphatic heterocycles. The van der Waals surface area contributed by atoms with Gasteiger partial charge in [-0.2, -0.15) is 10.1 Å². The number of anilines is 4. The Morgan fingerprint density at radius 1 is 1.12 bits per heavy atom. The number of rotatable bonds is 7. The fourth-order valence-electron chi connectivity index (χ4n) is 3.35. The highest BCUT2D eigenvalue weighted by atomic mass is 35.5. The molecule has 0 saturated heterocycles. The summed E-state index contributed by atoms with van der Waals surface area (Å²) in [6.07, 6.45) is 0.991. The van der Waals surface area contributed by atoms with Gasteiger partial charge in [-0.15, -0.1) is 0 Å². The van der Waals surface area contributed by atoms with E-state index < -0.39 is 5.82 Å². The Bertz CT molecular complexity index is 1260. The zero-order chi connectivity index (χ0) is 22.7. The van der Waals surface area contributed by atoms with E-state index in [1.807, 2.05) is 12.1 Å². The molecular weight excluding hydrogens is 433 g/mol. The topological polar surface area (TPSA) is 98.8 Å². The molecule has 10 heteroatoms. The van der Waals surface area contributed by atoms with Crippen molar-refractivity contribution in [2.24, 2.45) is 0 Å². The van der Waals surface area contributed by atoms with E-state index in [0.717, 1.165) is 25.0 Å². The summed E-state index contributed by atoms with van der Waals surface area (Å²) in [5, 5.41) is 13.4. The number of amides is 1. The van der Waals surface area contributed by atoms with Gasteiger partial charge in [0.2, 0.25) is 5.28 Å². The van der Waals surface area contributed by atoms with Gasteiger partial charge in [-0.25, -0.2) is 9.37 Å². The first kappa shape index (κ1) is 21.5. The lowest BCUT2D eigenvalue weighted by molar-refractivity contribution is 0.102. The monoisotopic (exact) mass is 453 g/mol. The molecule has 0 spiro atoms. The van der Waals surface area contributed by atoms with Gasteiger partial charge in [-0.3, -0.25) is 9.89 Å². The first-order chi connectivity index (χ1) is 15.5. The fourth-order valence-corrected chi connectivity index (χ4v) is 3.48. The molecule has 0 fully saturated rings. The SMILES string of the molecule is CCN(CC)c1ccc(C(=O)Nc2n[nH]c3ccc(Nc4nc(Cl)ncc4F)cc23)cc1. The fraction of sp³-hybridized carbons (Fsp3) is 0.182. The van der Waals surface area contributed by atoms with Crippen LogP contribution in [0.4, 0.5) is 27.4 Å². The highest BCUT2D eigenvalue weighted by molar-refractivity contribution is 6.28. The predicted molar refractivity (Wildman–Crippen MR) is 124 cm³/mol. The highest BCUT2D eigenvalue weighted by Gasteiger charge is 2.14. The molecular formula is C22H21ClFN7O. The zero-order valence-electron chi connectivity index (χ0n) is 17.5. The van der Waals surface area contributed by atoms with Crippen LogP contribution in [0.1, 0.15) is 24.2 Å². The molecule has 4 aromatic rings. The van der Waals surface area contributed by atoms with Gasteiger partial charge in [0.15, 0.2) is 17.5 Å². The van der Waals surface area contributed by atoms with E-state index in [2.05, 4.69) is 49.5 Å². The van der Waals surface area contributed by atoms with Crippen LogP contribution >= 0.6 is 11.6 Å². The Morgan fingerprint density at radius 3 is 2.59 bits per heavy atom. The highest BCUT2D eigenvalue weighted by Crippen LogP contribution is 2.27. The van der Waals surface area contributed by atoms with Crippen molar-refractivity contribution in [1.29, 1.82) is 0 Å². The molecule has 32 heavy (non-hydrogen) atoms. The van der Waals surface area contributed by atoms with Crippen LogP contribution < -0.4 is 15.5 Å². The van der Waals surface area contributed by atoms with E-state index in [1.54, 1.807) is 30.3 Å². The lowest BCUT2D eigenvalue weighted by atomic mass is 10.1. The van der Waals surface area contributed by atoms with E-state index in [9.17, 15) is 9.18 Å². The maximum Gasteiger partial charge on any atom is 0.256 e. The molecule has 0 aliphatic rings. The largest absolute Gasteiger partial charge is 0.372 e. The normalized spacial score (nSPS) is 10.9. The van der Waals surface area contributed by atoms with E-state index in [4.69, 9.17) is 11.6 Å². The number of aromatic amines is 1. The summed E-state index contributed by atoms with van der Waals surface area (Å²) in [5.41, 5.74) is 2.84. The van der Waals surface area contributed by atoms with E-state index in [1.165, 1.54) is 0 Å². The van der Waals surface area contributed by atoms with Crippen molar-refractivity contribution in [3.8, 4) is 0 Å². The van der Waals surface area contributed by atoms with Crippen LogP contribution in [-0.4, -0.2) is 39.2 Å². The number of aromatic nitrogens is 4. The number of halogens is 2. The van der Waals surface area contributed by atoms with Crippen LogP contribution in [0.15, 0.2) is 48.7 Å². The Balaban J connectivity index is 1.55. The molecule has 0 aliphatic carbocycles. The van der Waals surface area contributed by atoms with Crippen molar-refractivity contribution >= 4 is 51.4 Å². The lowest BCUT2D eigenvalue weighted by Crippen LogP contribution is -2.21. The second kappa shape index (κ2) is 9.19. The van der Waals surface area contributed by atoms with Crippen LogP contribution in [0.3, 0.4) is 0 Å². The van der Waals surface area contributed by atoms with Gasteiger partial charge < -0.3 is 15.5 Å². The smallest absolute Gasteiger partial charge is 0.256 e. The van der Waals surface area contributed by atoms with Gasteiger partial charge in [-0.05, 0) is 67.9 Å². The Kier molecular flexibility index (Phi) is 6.18. The quantitative estimate of drug-likeness (QED) is 0.341. The second-order valence-corrected chi connectivity index (χ2v) is 7.30. The minimum absolute atomic E-state index is 0.0493. The number of carbonyl (C=O) groups excluding carboxylic acids is 1. The van der Waals surface area contributed by atoms with Gasteiger partial charge in [0.1, 0.15) is 0 Å². The molecule has 4 rings (SSSR count). The molecule has 3 N–H and O–H groups in total. The summed E-state index contributed by atoms with van der Waals surface area (Å²) in [6.45, 7) is 5.96. The van der Waals surface area contributed by atoms with E-state index in [0.29, 0.717) is 28.0 Å². The number of nitrogens with zero attached hydrogens (tertiary/aromatic N) is 4. The van der Waals surface area contributed by atoms with Crippen LogP contribution in [-0.2, 0) is 0 Å². The van der Waals surface area contributed by atoms with Crippen LogP contribution in [0.5, 0.6) is 0 Å². The average Bonchev–Trinajstić information content (AvgIpc) is 3.19. The van der Waals surface area contributed by atoms with E-state index >= 15 is 0 Å². The third kappa shape index (κ3) is 4.47. The number of fused-ring (bicyclic) bond motifs is 1. The van der Waals surface area contributed by atoms with E-state index in [-0.39, 0.29) is 17.0 Å². The van der Waals surface area contributed by atoms with Crippen LogP contribution in [0, 0.1) is 5.82 Å². The zero-order valence-corrected chi connectivity index (χ0v) is 18.2. The van der Waals surface area contributed by atoms with Crippen LogP contribution in [0.25, 0.3) is 10.9 Å². The summed E-state index contributed by atoms with van der Waals surface area (Å²) in [6, 6.07) is 12.6. The second-order valence-electron chi connectivity index (χ2n) is 6.97. The maximum atomic E-state index is 13.9. The summed E-state index contributed by atoms with van der Waals surface area (Å²) in [4.78, 5) is 22.4.